The van der Waals surface area contributed by atoms with E-state index >= 15 is 4.39 Å². The predicted molar refractivity (Wildman–Crippen MR) is 138 cm³/mol. The van der Waals surface area contributed by atoms with Crippen molar-refractivity contribution >= 4 is 33.7 Å². The van der Waals surface area contributed by atoms with E-state index in [2.05, 4.69) is 29.6 Å². The molecule has 5 heterocycles. The normalized spacial score (nSPS) is 13.3. The van der Waals surface area contributed by atoms with Crippen molar-refractivity contribution in [2.24, 2.45) is 0 Å². The molecule has 1 N–H and O–H groups in total. The Bertz CT molecular complexity index is 1840. The van der Waals surface area contributed by atoms with Crippen LogP contribution in [0, 0.1) is 12.7 Å². The number of halogens is 2. The van der Waals surface area contributed by atoms with E-state index in [0.29, 0.717) is 47.8 Å². The monoisotopic (exact) mass is 530 g/mol. The summed E-state index contributed by atoms with van der Waals surface area (Å²) in [6.45, 7) is 4.30. The highest BCUT2D eigenvalue weighted by Gasteiger charge is 2.18. The molecule has 38 heavy (non-hydrogen) atoms. The molecule has 0 fully saturated rings. The summed E-state index contributed by atoms with van der Waals surface area (Å²) in [7, 11) is 0. The molecule has 0 saturated carbocycles. The third-order valence-corrected chi connectivity index (χ3v) is 6.84. The maximum absolute atomic E-state index is 15.0. The van der Waals surface area contributed by atoms with Crippen LogP contribution in [0.1, 0.15) is 17.3 Å². The first kappa shape index (κ1) is 22.8. The second-order valence-corrected chi connectivity index (χ2v) is 9.37. The number of fused-ring (bicyclic) bond motifs is 3. The first-order valence-electron chi connectivity index (χ1n) is 12.0. The molecular weight excluding hydrogens is 511 g/mol. The molecule has 190 valence electrons. The maximum atomic E-state index is 15.0. The smallest absolute Gasteiger partial charge is 0.193 e. The topological polar surface area (TPSA) is 109 Å². The van der Waals surface area contributed by atoms with Crippen LogP contribution in [0.3, 0.4) is 0 Å². The van der Waals surface area contributed by atoms with Crippen LogP contribution in [0.4, 0.5) is 4.39 Å². The Morgan fingerprint density at radius 3 is 2.89 bits per heavy atom. The Labute approximate surface area is 220 Å². The van der Waals surface area contributed by atoms with Gasteiger partial charge in [0, 0.05) is 18.3 Å². The molecule has 1 aliphatic rings. The van der Waals surface area contributed by atoms with Gasteiger partial charge >= 0.3 is 0 Å². The molecule has 0 bridgehead atoms. The van der Waals surface area contributed by atoms with Crippen molar-refractivity contribution in [2.45, 2.75) is 26.6 Å². The number of benzene rings is 2. The molecule has 1 aliphatic heterocycles. The van der Waals surface area contributed by atoms with Gasteiger partial charge in [0.25, 0.3) is 0 Å². The molecule has 0 saturated heterocycles. The number of hydrogen-bond acceptors (Lipinski definition) is 7. The van der Waals surface area contributed by atoms with Crippen molar-refractivity contribution in [3.63, 3.8) is 0 Å². The molecule has 10 nitrogen and oxygen atoms in total. The lowest BCUT2D eigenvalue weighted by Crippen LogP contribution is -2.19. The molecule has 4 aromatic heterocycles. The number of nitrogens with one attached hydrogen (secondary N) is 1. The fourth-order valence-corrected chi connectivity index (χ4v) is 4.86. The van der Waals surface area contributed by atoms with Gasteiger partial charge in [-0.05, 0) is 31.2 Å². The van der Waals surface area contributed by atoms with E-state index in [1.807, 2.05) is 17.1 Å². The molecule has 0 radical (unpaired) electrons. The SMILES string of the molecule is Cc1nc2c(F)c(Oc3ccc4ncc(-c5cnn(Cc6ncc7n6CCOC7)c5)nc4c3Cl)ccc2[nH]1. The summed E-state index contributed by atoms with van der Waals surface area (Å²) >= 11 is 6.68. The minimum atomic E-state index is -0.568. The minimum absolute atomic E-state index is 0.0170. The third-order valence-electron chi connectivity index (χ3n) is 6.48. The molecule has 0 amide bonds. The van der Waals surface area contributed by atoms with E-state index in [1.165, 1.54) is 6.07 Å². The molecule has 0 atom stereocenters. The van der Waals surface area contributed by atoms with Crippen LogP contribution in [-0.2, 0) is 24.4 Å². The van der Waals surface area contributed by atoms with Crippen LogP contribution < -0.4 is 4.74 Å². The highest BCUT2D eigenvalue weighted by Crippen LogP contribution is 2.37. The molecule has 0 aliphatic carbocycles. The van der Waals surface area contributed by atoms with Gasteiger partial charge < -0.3 is 19.0 Å². The third kappa shape index (κ3) is 3.87. The van der Waals surface area contributed by atoms with Crippen LogP contribution in [0.15, 0.2) is 49.1 Å². The highest BCUT2D eigenvalue weighted by molar-refractivity contribution is 6.36. The van der Waals surface area contributed by atoms with Gasteiger partial charge in [0.1, 0.15) is 33.5 Å². The number of aromatic nitrogens is 8. The second-order valence-electron chi connectivity index (χ2n) is 9.00. The first-order chi connectivity index (χ1) is 18.5. The van der Waals surface area contributed by atoms with Crippen LogP contribution in [-0.4, -0.2) is 45.9 Å². The average molecular weight is 531 g/mol. The van der Waals surface area contributed by atoms with Crippen LogP contribution in [0.5, 0.6) is 11.5 Å². The summed E-state index contributed by atoms with van der Waals surface area (Å²) in [6, 6.07) is 6.63. The van der Waals surface area contributed by atoms with Crippen LogP contribution in [0.25, 0.3) is 33.3 Å². The summed E-state index contributed by atoms with van der Waals surface area (Å²) in [5.41, 5.74) is 4.26. The predicted octanol–water partition coefficient (Wildman–Crippen LogP) is 5.04. The highest BCUT2D eigenvalue weighted by atomic mass is 35.5. The Balaban J connectivity index is 1.18. The van der Waals surface area contributed by atoms with E-state index in [4.69, 9.17) is 26.1 Å². The number of hydrogen-bond donors (Lipinski definition) is 1. The zero-order valence-corrected chi connectivity index (χ0v) is 20.9. The van der Waals surface area contributed by atoms with E-state index < -0.39 is 5.82 Å². The van der Waals surface area contributed by atoms with Crippen molar-refractivity contribution in [3.8, 4) is 22.8 Å². The van der Waals surface area contributed by atoms with Gasteiger partial charge in [-0.3, -0.25) is 9.67 Å². The number of ether oxygens (including phenoxy) is 2. The first-order valence-corrected chi connectivity index (χ1v) is 12.3. The summed E-state index contributed by atoms with van der Waals surface area (Å²) in [5.74, 6) is 1.25. The lowest BCUT2D eigenvalue weighted by molar-refractivity contribution is 0.0838. The van der Waals surface area contributed by atoms with Gasteiger partial charge in [0.05, 0.1) is 60.8 Å². The van der Waals surface area contributed by atoms with Crippen molar-refractivity contribution in [1.82, 2.24) is 39.3 Å². The quantitative estimate of drug-likeness (QED) is 0.332. The lowest BCUT2D eigenvalue weighted by Gasteiger charge is -2.17. The van der Waals surface area contributed by atoms with Gasteiger partial charge in [-0.1, -0.05) is 11.6 Å². The largest absolute Gasteiger partial charge is 0.453 e. The standard InChI is InChI=1S/C26H20ClFN8O2/c1-14-32-18-3-5-21(24(28)26(18)33-14)38-20-4-2-17-25(23(20)27)34-19(10-29-17)15-8-31-35(11-15)12-22-30-9-16-13-37-7-6-36(16)22/h2-5,8-11H,6-7,12-13H2,1H3,(H,32,33). The number of aryl methyl sites for hydroxylation is 1. The van der Waals surface area contributed by atoms with E-state index in [0.717, 1.165) is 23.6 Å². The molecular formula is C26H20ClFN8O2. The van der Waals surface area contributed by atoms with E-state index in [-0.39, 0.29) is 22.0 Å². The molecule has 6 aromatic rings. The van der Waals surface area contributed by atoms with Crippen molar-refractivity contribution < 1.29 is 13.9 Å². The zero-order valence-electron chi connectivity index (χ0n) is 20.2. The number of nitrogens with zero attached hydrogens (tertiary/aromatic N) is 7. The summed E-state index contributed by atoms with van der Waals surface area (Å²) in [5, 5.41) is 4.71. The maximum Gasteiger partial charge on any atom is 0.193 e. The van der Waals surface area contributed by atoms with Gasteiger partial charge in [0.2, 0.25) is 0 Å². The van der Waals surface area contributed by atoms with E-state index in [1.54, 1.807) is 37.5 Å². The second kappa shape index (κ2) is 8.89. The van der Waals surface area contributed by atoms with Gasteiger partial charge in [-0.15, -0.1) is 0 Å². The van der Waals surface area contributed by atoms with Crippen LogP contribution >= 0.6 is 11.6 Å². The molecule has 0 spiro atoms. The minimum Gasteiger partial charge on any atom is -0.453 e. The molecule has 2 aromatic carbocycles. The number of H-pyrrole nitrogens is 1. The molecule has 12 heteroatoms. The Morgan fingerprint density at radius 2 is 1.97 bits per heavy atom. The van der Waals surface area contributed by atoms with Gasteiger partial charge in [-0.2, -0.15) is 5.10 Å². The Morgan fingerprint density at radius 1 is 1.08 bits per heavy atom. The molecule has 7 rings (SSSR count). The van der Waals surface area contributed by atoms with E-state index in [9.17, 15) is 0 Å². The number of aromatic amines is 1. The summed E-state index contributed by atoms with van der Waals surface area (Å²) in [6.07, 6.45) is 7.13. The molecule has 0 unspecified atom stereocenters. The van der Waals surface area contributed by atoms with Crippen LogP contribution in [0.2, 0.25) is 5.02 Å². The average Bonchev–Trinajstić information content (AvgIpc) is 3.66. The zero-order chi connectivity index (χ0) is 25.8. The Hall–Kier alpha value is -4.35. The summed E-state index contributed by atoms with van der Waals surface area (Å²) in [4.78, 5) is 21.0. The lowest BCUT2D eigenvalue weighted by atomic mass is 10.2. The van der Waals surface area contributed by atoms with Crippen molar-refractivity contribution in [3.05, 3.63) is 77.2 Å². The fraction of sp³-hybridized carbons (Fsp3) is 0.192. The Kier molecular flexibility index (Phi) is 5.34. The van der Waals surface area contributed by atoms with Crippen molar-refractivity contribution in [2.75, 3.05) is 6.61 Å². The van der Waals surface area contributed by atoms with Gasteiger partial charge in [0.15, 0.2) is 11.6 Å². The number of rotatable bonds is 5. The number of imidazole rings is 2. The summed E-state index contributed by atoms with van der Waals surface area (Å²) < 4.78 is 30.3. The van der Waals surface area contributed by atoms with Gasteiger partial charge in [-0.25, -0.2) is 19.3 Å². The van der Waals surface area contributed by atoms with Crippen molar-refractivity contribution in [1.29, 1.82) is 0 Å². The fourth-order valence-electron chi connectivity index (χ4n) is 4.62.